The van der Waals surface area contributed by atoms with Crippen LogP contribution in [0.4, 0.5) is 5.69 Å². The summed E-state index contributed by atoms with van der Waals surface area (Å²) in [5.74, 6) is 0.348. The van der Waals surface area contributed by atoms with Crippen LogP contribution in [0.3, 0.4) is 0 Å². The zero-order chi connectivity index (χ0) is 12.9. The van der Waals surface area contributed by atoms with Gasteiger partial charge in [-0.25, -0.2) is 8.42 Å². The summed E-state index contributed by atoms with van der Waals surface area (Å²) in [5, 5.41) is 8.46. The number of hydrogen-bond donors (Lipinski definition) is 1. The van der Waals surface area contributed by atoms with Crippen LogP contribution in [-0.2, 0) is 9.84 Å². The maximum absolute atomic E-state index is 11.7. The van der Waals surface area contributed by atoms with Crippen molar-refractivity contribution in [3.05, 3.63) is 28.7 Å². The highest BCUT2D eigenvalue weighted by Crippen LogP contribution is 2.40. The normalized spacial score (nSPS) is 29.6. The Morgan fingerprint density at radius 2 is 1.94 bits per heavy atom. The number of fused-ring (bicyclic) bond motifs is 1. The fraction of sp³-hybridized carbons (Fsp3) is 0.364. The minimum absolute atomic E-state index is 0.00569. The van der Waals surface area contributed by atoms with E-state index in [1.165, 1.54) is 11.8 Å². The third-order valence-corrected chi connectivity index (χ3v) is 6.85. The molecule has 0 aliphatic carbocycles. The van der Waals surface area contributed by atoms with Crippen LogP contribution in [-0.4, -0.2) is 36.4 Å². The van der Waals surface area contributed by atoms with Gasteiger partial charge >= 0.3 is 0 Å². The second-order valence-corrected chi connectivity index (χ2v) is 8.75. The smallest absolute Gasteiger partial charge is 0.161 e. The summed E-state index contributed by atoms with van der Waals surface area (Å²) in [6.07, 6.45) is 0. The van der Waals surface area contributed by atoms with E-state index >= 15 is 0 Å². The lowest BCUT2D eigenvalue weighted by atomic mass is 10.2. The van der Waals surface area contributed by atoms with Gasteiger partial charge in [0.2, 0.25) is 0 Å². The summed E-state index contributed by atoms with van der Waals surface area (Å²) >= 11 is 4.73. The van der Waals surface area contributed by atoms with Gasteiger partial charge in [-0.2, -0.15) is 0 Å². The average Bonchev–Trinajstić information content (AvgIpc) is 2.70. The predicted octanol–water partition coefficient (Wildman–Crippen LogP) is 2.10. The van der Waals surface area contributed by atoms with Gasteiger partial charge in [0.05, 0.1) is 17.5 Å². The molecule has 7 heteroatoms. The molecule has 1 N–H and O–H groups in total. The molecule has 1 aromatic rings. The molecule has 2 atom stereocenters. The topological polar surface area (TPSA) is 61.2 Å². The molecule has 4 nitrogen and oxygen atoms in total. The van der Waals surface area contributed by atoms with Gasteiger partial charge in [0.15, 0.2) is 15.0 Å². The average molecular weight is 347 g/mol. The molecule has 3 rings (SSSR count). The van der Waals surface area contributed by atoms with Crippen LogP contribution in [0.25, 0.3) is 0 Å². The highest BCUT2D eigenvalue weighted by Gasteiger charge is 2.48. The number of hydrogen-bond acceptors (Lipinski definition) is 4. The number of thioether (sulfide) groups is 1. The van der Waals surface area contributed by atoms with Crippen molar-refractivity contribution < 1.29 is 8.42 Å². The van der Waals surface area contributed by atoms with E-state index in [-0.39, 0.29) is 22.8 Å². The molecule has 0 aromatic heterocycles. The van der Waals surface area contributed by atoms with E-state index in [0.717, 1.165) is 10.2 Å². The van der Waals surface area contributed by atoms with Gasteiger partial charge in [-0.1, -0.05) is 27.7 Å². The first-order valence-electron chi connectivity index (χ1n) is 5.47. The van der Waals surface area contributed by atoms with Gasteiger partial charge in [0.25, 0.3) is 0 Å². The second kappa shape index (κ2) is 4.25. The summed E-state index contributed by atoms with van der Waals surface area (Å²) < 4.78 is 24.3. The molecule has 0 radical (unpaired) electrons. The van der Waals surface area contributed by atoms with Crippen LogP contribution in [0.1, 0.15) is 0 Å². The lowest BCUT2D eigenvalue weighted by Crippen LogP contribution is -2.37. The maximum Gasteiger partial charge on any atom is 0.161 e. The highest BCUT2D eigenvalue weighted by molar-refractivity contribution is 9.10. The fourth-order valence-corrected chi connectivity index (χ4v) is 6.47. The molecule has 2 saturated heterocycles. The molecule has 1 aromatic carbocycles. The van der Waals surface area contributed by atoms with Gasteiger partial charge in [0, 0.05) is 15.4 Å². The standard InChI is InChI=1S/C11H11BrN2O2S2/c12-7-1-3-8(4-2-7)14-9-5-18(15,16)6-10(9)17-11(14)13/h1-4,9-10,13H,5-6H2/t9-,10-/m0/s1. The Hall–Kier alpha value is -0.530. The van der Waals surface area contributed by atoms with E-state index in [2.05, 4.69) is 15.9 Å². The third-order valence-electron chi connectivity index (χ3n) is 3.19. The molecule has 18 heavy (non-hydrogen) atoms. The molecule has 2 aliphatic heterocycles. The Balaban J connectivity index is 1.96. The number of anilines is 1. The summed E-state index contributed by atoms with van der Waals surface area (Å²) in [6.45, 7) is 0. The maximum atomic E-state index is 11.7. The molecular weight excluding hydrogens is 336 g/mol. The number of nitrogens with zero attached hydrogens (tertiary/aromatic N) is 1. The lowest BCUT2D eigenvalue weighted by Gasteiger charge is -2.23. The number of rotatable bonds is 1. The molecule has 0 amide bonds. The van der Waals surface area contributed by atoms with Crippen LogP contribution in [0.15, 0.2) is 28.7 Å². The van der Waals surface area contributed by atoms with E-state index in [1.54, 1.807) is 0 Å². The van der Waals surface area contributed by atoms with Crippen molar-refractivity contribution in [2.24, 2.45) is 0 Å². The predicted molar refractivity (Wildman–Crippen MR) is 78.2 cm³/mol. The molecule has 0 saturated carbocycles. The van der Waals surface area contributed by atoms with Gasteiger partial charge < -0.3 is 4.90 Å². The SMILES string of the molecule is N=C1S[C@H]2CS(=O)(=O)C[C@@H]2N1c1ccc(Br)cc1. The first-order valence-corrected chi connectivity index (χ1v) is 8.96. The van der Waals surface area contributed by atoms with Gasteiger partial charge in [-0.05, 0) is 24.3 Å². The quantitative estimate of drug-likeness (QED) is 0.845. The minimum Gasteiger partial charge on any atom is -0.316 e. The van der Waals surface area contributed by atoms with Gasteiger partial charge in [-0.3, -0.25) is 5.41 Å². The zero-order valence-corrected chi connectivity index (χ0v) is 12.6. The van der Waals surface area contributed by atoms with E-state index in [4.69, 9.17) is 5.41 Å². The largest absolute Gasteiger partial charge is 0.316 e. The monoisotopic (exact) mass is 346 g/mol. The summed E-state index contributed by atoms with van der Waals surface area (Å²) in [4.78, 5) is 1.84. The molecular formula is C11H11BrN2O2S2. The molecule has 2 fully saturated rings. The minimum atomic E-state index is -2.95. The first kappa shape index (κ1) is 12.5. The van der Waals surface area contributed by atoms with E-state index in [9.17, 15) is 8.42 Å². The van der Waals surface area contributed by atoms with Gasteiger partial charge in [0.1, 0.15) is 0 Å². The Labute approximate surface area is 118 Å². The zero-order valence-electron chi connectivity index (χ0n) is 9.34. The molecule has 2 aliphatic rings. The van der Waals surface area contributed by atoms with Crippen LogP contribution in [0, 0.1) is 5.41 Å². The third kappa shape index (κ3) is 2.08. The summed E-state index contributed by atoms with van der Waals surface area (Å²) in [5.41, 5.74) is 0.889. The number of halogens is 1. The van der Waals surface area contributed by atoms with Crippen LogP contribution < -0.4 is 4.90 Å². The molecule has 2 heterocycles. The van der Waals surface area contributed by atoms with E-state index < -0.39 is 9.84 Å². The Morgan fingerprint density at radius 1 is 1.28 bits per heavy atom. The van der Waals surface area contributed by atoms with Crippen LogP contribution >= 0.6 is 27.7 Å². The fourth-order valence-electron chi connectivity index (χ4n) is 2.41. The summed E-state index contributed by atoms with van der Waals surface area (Å²) in [6, 6.07) is 7.54. The first-order chi connectivity index (χ1) is 8.46. The van der Waals surface area contributed by atoms with Crippen molar-refractivity contribution in [3.8, 4) is 0 Å². The number of sulfone groups is 1. The van der Waals surface area contributed by atoms with E-state index in [1.807, 2.05) is 29.2 Å². The highest BCUT2D eigenvalue weighted by atomic mass is 79.9. The number of amidine groups is 1. The van der Waals surface area contributed by atoms with Crippen molar-refractivity contribution >= 4 is 48.4 Å². The van der Waals surface area contributed by atoms with Crippen molar-refractivity contribution in [1.82, 2.24) is 0 Å². The molecule has 0 bridgehead atoms. The van der Waals surface area contributed by atoms with Crippen molar-refractivity contribution in [2.75, 3.05) is 16.4 Å². The van der Waals surface area contributed by atoms with Gasteiger partial charge in [-0.15, -0.1) is 0 Å². The Kier molecular flexibility index (Phi) is 2.95. The van der Waals surface area contributed by atoms with Crippen molar-refractivity contribution in [2.45, 2.75) is 11.3 Å². The van der Waals surface area contributed by atoms with E-state index in [0.29, 0.717) is 5.17 Å². The molecule has 0 spiro atoms. The lowest BCUT2D eigenvalue weighted by molar-refractivity contribution is 0.601. The summed E-state index contributed by atoms with van der Waals surface area (Å²) in [7, 11) is -2.95. The second-order valence-electron chi connectivity index (χ2n) is 4.45. The van der Waals surface area contributed by atoms with Crippen molar-refractivity contribution in [1.29, 1.82) is 5.41 Å². The molecule has 96 valence electrons. The Bertz CT molecular complexity index is 600. The molecule has 0 unspecified atom stereocenters. The number of nitrogens with one attached hydrogen (secondary N) is 1. The number of benzene rings is 1. The van der Waals surface area contributed by atoms with Crippen molar-refractivity contribution in [3.63, 3.8) is 0 Å². The van der Waals surface area contributed by atoms with Crippen LogP contribution in [0.2, 0.25) is 0 Å². The Morgan fingerprint density at radius 3 is 2.61 bits per heavy atom. The van der Waals surface area contributed by atoms with Crippen LogP contribution in [0.5, 0.6) is 0 Å².